The van der Waals surface area contributed by atoms with Gasteiger partial charge in [0.2, 0.25) is 5.91 Å². The van der Waals surface area contributed by atoms with E-state index in [-0.39, 0.29) is 11.8 Å². The number of hydrogen-bond donors (Lipinski definition) is 1. The number of rotatable bonds is 6. The standard InChI is InChI=1S/C16H24N2O3/c1-20-15-7-2-6-14(11-15)18(9-4-8-17)16(19)13-5-3-10-21-12-13/h2,6-7,11,13H,3-5,8-10,12,17H2,1H3. The third-order valence-corrected chi connectivity index (χ3v) is 3.73. The molecule has 1 unspecified atom stereocenters. The summed E-state index contributed by atoms with van der Waals surface area (Å²) in [6.45, 7) is 2.46. The van der Waals surface area contributed by atoms with Gasteiger partial charge in [-0.3, -0.25) is 4.79 Å². The molecular formula is C16H24N2O3. The van der Waals surface area contributed by atoms with Crippen LogP contribution in [0.3, 0.4) is 0 Å². The Labute approximate surface area is 126 Å². The van der Waals surface area contributed by atoms with Gasteiger partial charge in [-0.25, -0.2) is 0 Å². The van der Waals surface area contributed by atoms with Crippen molar-refractivity contribution < 1.29 is 14.3 Å². The van der Waals surface area contributed by atoms with Crippen LogP contribution in [0.5, 0.6) is 5.75 Å². The van der Waals surface area contributed by atoms with Gasteiger partial charge in [-0.05, 0) is 37.9 Å². The van der Waals surface area contributed by atoms with E-state index in [1.54, 1.807) is 7.11 Å². The van der Waals surface area contributed by atoms with Crippen molar-refractivity contribution in [3.05, 3.63) is 24.3 Å². The molecule has 0 aliphatic carbocycles. The smallest absolute Gasteiger partial charge is 0.232 e. The summed E-state index contributed by atoms with van der Waals surface area (Å²) in [7, 11) is 1.63. The minimum atomic E-state index is -0.0530. The summed E-state index contributed by atoms with van der Waals surface area (Å²) >= 11 is 0. The van der Waals surface area contributed by atoms with E-state index in [0.29, 0.717) is 19.7 Å². The molecule has 116 valence electrons. The van der Waals surface area contributed by atoms with Gasteiger partial charge in [0.15, 0.2) is 0 Å². The molecule has 1 aliphatic rings. The van der Waals surface area contributed by atoms with E-state index in [2.05, 4.69) is 0 Å². The van der Waals surface area contributed by atoms with Crippen LogP contribution in [0.25, 0.3) is 0 Å². The Morgan fingerprint density at radius 2 is 2.38 bits per heavy atom. The van der Waals surface area contributed by atoms with Gasteiger partial charge in [-0.2, -0.15) is 0 Å². The van der Waals surface area contributed by atoms with Crippen molar-refractivity contribution in [1.82, 2.24) is 0 Å². The number of anilines is 1. The maximum absolute atomic E-state index is 12.8. The van der Waals surface area contributed by atoms with Crippen LogP contribution in [-0.4, -0.2) is 39.3 Å². The quantitative estimate of drug-likeness (QED) is 0.868. The monoisotopic (exact) mass is 292 g/mol. The lowest BCUT2D eigenvalue weighted by atomic mass is 10.00. The predicted octanol–water partition coefficient (Wildman–Crippen LogP) is 1.80. The number of nitrogens with zero attached hydrogens (tertiary/aromatic N) is 1. The van der Waals surface area contributed by atoms with Gasteiger partial charge in [0.1, 0.15) is 5.75 Å². The summed E-state index contributed by atoms with van der Waals surface area (Å²) < 4.78 is 10.7. The number of methoxy groups -OCH3 is 1. The fraction of sp³-hybridized carbons (Fsp3) is 0.562. The number of ether oxygens (including phenoxy) is 2. The molecule has 0 radical (unpaired) electrons. The Kier molecular flexibility index (Phi) is 6.02. The highest BCUT2D eigenvalue weighted by Crippen LogP contribution is 2.25. The van der Waals surface area contributed by atoms with Crippen molar-refractivity contribution in [3.63, 3.8) is 0 Å². The van der Waals surface area contributed by atoms with Crippen molar-refractivity contribution in [2.45, 2.75) is 19.3 Å². The van der Waals surface area contributed by atoms with E-state index >= 15 is 0 Å². The highest BCUT2D eigenvalue weighted by molar-refractivity contribution is 5.95. The van der Waals surface area contributed by atoms with E-state index in [1.165, 1.54) is 0 Å². The largest absolute Gasteiger partial charge is 0.497 e. The van der Waals surface area contributed by atoms with Crippen LogP contribution in [-0.2, 0) is 9.53 Å². The summed E-state index contributed by atoms with van der Waals surface area (Å²) in [5.41, 5.74) is 6.46. The van der Waals surface area contributed by atoms with Crippen LogP contribution in [0.4, 0.5) is 5.69 Å². The van der Waals surface area contributed by atoms with Gasteiger partial charge in [0.25, 0.3) is 0 Å². The maximum atomic E-state index is 12.8. The number of amides is 1. The average molecular weight is 292 g/mol. The Hall–Kier alpha value is -1.59. The average Bonchev–Trinajstić information content (AvgIpc) is 2.56. The molecule has 0 aromatic heterocycles. The van der Waals surface area contributed by atoms with Crippen LogP contribution in [0.2, 0.25) is 0 Å². The van der Waals surface area contributed by atoms with E-state index < -0.39 is 0 Å². The second-order valence-corrected chi connectivity index (χ2v) is 5.25. The van der Waals surface area contributed by atoms with Gasteiger partial charge in [-0.1, -0.05) is 6.07 Å². The fourth-order valence-corrected chi connectivity index (χ4v) is 2.55. The molecular weight excluding hydrogens is 268 g/mol. The second-order valence-electron chi connectivity index (χ2n) is 5.25. The second kappa shape index (κ2) is 8.00. The highest BCUT2D eigenvalue weighted by atomic mass is 16.5. The van der Waals surface area contributed by atoms with Crippen molar-refractivity contribution in [3.8, 4) is 5.75 Å². The first kappa shape index (κ1) is 15.8. The van der Waals surface area contributed by atoms with Crippen LogP contribution >= 0.6 is 0 Å². The van der Waals surface area contributed by atoms with Crippen LogP contribution in [0, 0.1) is 5.92 Å². The van der Waals surface area contributed by atoms with Crippen molar-refractivity contribution in [2.24, 2.45) is 11.7 Å². The van der Waals surface area contributed by atoms with Crippen LogP contribution < -0.4 is 15.4 Å². The van der Waals surface area contributed by atoms with E-state index in [0.717, 1.165) is 37.3 Å². The van der Waals surface area contributed by atoms with Gasteiger partial charge < -0.3 is 20.1 Å². The fourth-order valence-electron chi connectivity index (χ4n) is 2.55. The molecule has 5 heteroatoms. The molecule has 0 spiro atoms. The zero-order valence-corrected chi connectivity index (χ0v) is 12.6. The molecule has 2 N–H and O–H groups in total. The first-order chi connectivity index (χ1) is 10.3. The van der Waals surface area contributed by atoms with Gasteiger partial charge in [0, 0.05) is 24.9 Å². The van der Waals surface area contributed by atoms with Gasteiger partial charge >= 0.3 is 0 Å². The van der Waals surface area contributed by atoms with E-state index in [4.69, 9.17) is 15.2 Å². The van der Waals surface area contributed by atoms with Gasteiger partial charge in [-0.15, -0.1) is 0 Å². The summed E-state index contributed by atoms with van der Waals surface area (Å²) in [5.74, 6) is 0.817. The molecule has 1 aliphatic heterocycles. The lowest BCUT2D eigenvalue weighted by Gasteiger charge is -2.29. The number of carbonyl (C=O) groups is 1. The van der Waals surface area contributed by atoms with E-state index in [9.17, 15) is 4.79 Å². The molecule has 1 heterocycles. The predicted molar refractivity (Wildman–Crippen MR) is 82.6 cm³/mol. The first-order valence-corrected chi connectivity index (χ1v) is 7.49. The third-order valence-electron chi connectivity index (χ3n) is 3.73. The molecule has 0 bridgehead atoms. The zero-order valence-electron chi connectivity index (χ0n) is 12.6. The number of nitrogens with two attached hydrogens (primary N) is 1. The molecule has 0 saturated carbocycles. The first-order valence-electron chi connectivity index (χ1n) is 7.49. The molecule has 1 aromatic carbocycles. The van der Waals surface area contributed by atoms with Crippen molar-refractivity contribution in [1.29, 1.82) is 0 Å². The Balaban J connectivity index is 2.17. The molecule has 5 nitrogen and oxygen atoms in total. The van der Waals surface area contributed by atoms with E-state index in [1.807, 2.05) is 29.2 Å². The summed E-state index contributed by atoms with van der Waals surface area (Å²) in [5, 5.41) is 0. The molecule has 1 fully saturated rings. The Bertz CT molecular complexity index is 459. The highest BCUT2D eigenvalue weighted by Gasteiger charge is 2.27. The number of benzene rings is 1. The maximum Gasteiger partial charge on any atom is 0.232 e. The summed E-state index contributed by atoms with van der Waals surface area (Å²) in [6, 6.07) is 7.59. The SMILES string of the molecule is COc1cccc(N(CCCN)C(=O)C2CCCOC2)c1. The molecule has 1 amide bonds. The van der Waals surface area contributed by atoms with Gasteiger partial charge in [0.05, 0.1) is 19.6 Å². The third kappa shape index (κ3) is 4.19. The minimum absolute atomic E-state index is 0.0530. The topological polar surface area (TPSA) is 64.8 Å². The number of carbonyl (C=O) groups excluding carboxylic acids is 1. The van der Waals surface area contributed by atoms with Crippen LogP contribution in [0.15, 0.2) is 24.3 Å². The normalized spacial score (nSPS) is 18.3. The summed E-state index contributed by atoms with van der Waals surface area (Å²) in [4.78, 5) is 14.6. The van der Waals surface area contributed by atoms with Crippen molar-refractivity contribution >= 4 is 11.6 Å². The molecule has 1 atom stereocenters. The molecule has 1 aromatic rings. The lowest BCUT2D eigenvalue weighted by molar-refractivity contribution is -0.126. The Morgan fingerprint density at radius 3 is 3.05 bits per heavy atom. The van der Waals surface area contributed by atoms with Crippen molar-refractivity contribution in [2.75, 3.05) is 38.3 Å². The van der Waals surface area contributed by atoms with Crippen LogP contribution in [0.1, 0.15) is 19.3 Å². The Morgan fingerprint density at radius 1 is 1.52 bits per heavy atom. The molecule has 2 rings (SSSR count). The number of hydrogen-bond acceptors (Lipinski definition) is 4. The molecule has 1 saturated heterocycles. The lowest BCUT2D eigenvalue weighted by Crippen LogP contribution is -2.40. The summed E-state index contributed by atoms with van der Waals surface area (Å²) in [6.07, 6.45) is 2.61. The zero-order chi connectivity index (χ0) is 15.1. The minimum Gasteiger partial charge on any atom is -0.497 e. The molecule has 21 heavy (non-hydrogen) atoms.